The smallest absolute Gasteiger partial charge is 0.129 e. The molecule has 1 aromatic heterocycles. The fourth-order valence-corrected chi connectivity index (χ4v) is 2.71. The first-order chi connectivity index (χ1) is 9.60. The van der Waals surface area contributed by atoms with Gasteiger partial charge in [0.05, 0.1) is 27.0 Å². The van der Waals surface area contributed by atoms with Gasteiger partial charge in [-0.15, -0.1) is 11.6 Å². The normalized spacial score (nSPS) is 11.2. The molecule has 0 atom stereocenters. The van der Waals surface area contributed by atoms with Crippen LogP contribution >= 0.6 is 46.4 Å². The number of alkyl halides is 1. The Morgan fingerprint density at radius 1 is 0.950 bits per heavy atom. The Labute approximate surface area is 135 Å². The highest BCUT2D eigenvalue weighted by molar-refractivity contribution is 6.42. The molecule has 0 N–H and O–H groups in total. The molecule has 20 heavy (non-hydrogen) atoms. The zero-order chi connectivity index (χ0) is 14.3. The molecule has 0 fully saturated rings. The molecule has 0 amide bonds. The Bertz CT molecular complexity index is 778. The summed E-state index contributed by atoms with van der Waals surface area (Å²) in [6.07, 6.45) is 0. The second-order valence-electron chi connectivity index (χ2n) is 4.23. The van der Waals surface area contributed by atoms with Gasteiger partial charge in [0.15, 0.2) is 0 Å². The molecule has 0 saturated carbocycles. The lowest BCUT2D eigenvalue weighted by Crippen LogP contribution is -1.98. The third kappa shape index (κ3) is 2.38. The molecule has 0 radical (unpaired) electrons. The van der Waals surface area contributed by atoms with Crippen LogP contribution in [0.25, 0.3) is 16.7 Å². The molecule has 0 saturated heterocycles. The number of fused-ring (bicyclic) bond motifs is 1. The van der Waals surface area contributed by atoms with Gasteiger partial charge in [0.1, 0.15) is 5.82 Å². The molecule has 6 heteroatoms. The van der Waals surface area contributed by atoms with Crippen LogP contribution in [0.1, 0.15) is 5.82 Å². The number of nitrogens with zero attached hydrogens (tertiary/aromatic N) is 2. The van der Waals surface area contributed by atoms with Crippen molar-refractivity contribution in [1.29, 1.82) is 0 Å². The minimum Gasteiger partial charge on any atom is -0.295 e. The molecule has 0 aliphatic heterocycles. The molecule has 3 rings (SSSR count). The van der Waals surface area contributed by atoms with Gasteiger partial charge in [-0.25, -0.2) is 4.98 Å². The number of benzene rings is 2. The van der Waals surface area contributed by atoms with Crippen molar-refractivity contribution in [2.45, 2.75) is 5.88 Å². The van der Waals surface area contributed by atoms with Gasteiger partial charge in [-0.05, 0) is 36.4 Å². The average molecular weight is 346 g/mol. The molecule has 0 aliphatic rings. The van der Waals surface area contributed by atoms with Crippen molar-refractivity contribution >= 4 is 57.4 Å². The molecule has 0 unspecified atom stereocenters. The van der Waals surface area contributed by atoms with Gasteiger partial charge < -0.3 is 0 Å². The second-order valence-corrected chi connectivity index (χ2v) is 5.75. The van der Waals surface area contributed by atoms with Crippen molar-refractivity contribution in [1.82, 2.24) is 9.55 Å². The minimum atomic E-state index is 0.284. The van der Waals surface area contributed by atoms with Crippen molar-refractivity contribution in [2.24, 2.45) is 0 Å². The summed E-state index contributed by atoms with van der Waals surface area (Å²) < 4.78 is 1.95. The van der Waals surface area contributed by atoms with Crippen LogP contribution in [0, 0.1) is 0 Å². The van der Waals surface area contributed by atoms with E-state index in [0.29, 0.717) is 15.1 Å². The Balaban J connectivity index is 2.32. The van der Waals surface area contributed by atoms with E-state index in [-0.39, 0.29) is 5.88 Å². The number of aromatic nitrogens is 2. The summed E-state index contributed by atoms with van der Waals surface area (Å²) in [5, 5.41) is 1.63. The standard InChI is InChI=1S/C14H8Cl4N2/c15-7-14-19-12-5-10(17)11(18)6-13(12)20(14)9-3-1-8(16)2-4-9/h1-6H,7H2. The van der Waals surface area contributed by atoms with Crippen LogP contribution in [-0.2, 0) is 5.88 Å². The Morgan fingerprint density at radius 3 is 2.25 bits per heavy atom. The number of rotatable bonds is 2. The van der Waals surface area contributed by atoms with E-state index in [1.54, 1.807) is 12.1 Å². The summed E-state index contributed by atoms with van der Waals surface area (Å²) in [7, 11) is 0. The van der Waals surface area contributed by atoms with Crippen molar-refractivity contribution in [3.63, 3.8) is 0 Å². The van der Waals surface area contributed by atoms with Crippen LogP contribution < -0.4 is 0 Å². The monoisotopic (exact) mass is 344 g/mol. The average Bonchev–Trinajstić information content (AvgIpc) is 2.78. The zero-order valence-corrected chi connectivity index (χ0v) is 13.1. The first kappa shape index (κ1) is 14.0. The third-order valence-electron chi connectivity index (χ3n) is 2.97. The molecular formula is C14H8Cl4N2. The van der Waals surface area contributed by atoms with Gasteiger partial charge in [0.2, 0.25) is 0 Å². The lowest BCUT2D eigenvalue weighted by molar-refractivity contribution is 0.982. The van der Waals surface area contributed by atoms with Gasteiger partial charge >= 0.3 is 0 Å². The molecule has 0 bridgehead atoms. The summed E-state index contributed by atoms with van der Waals surface area (Å²) in [5.74, 6) is 1.01. The predicted octanol–water partition coefficient (Wildman–Crippen LogP) is 5.72. The molecule has 2 nitrogen and oxygen atoms in total. The Kier molecular flexibility index (Phi) is 3.83. The van der Waals surface area contributed by atoms with E-state index in [1.807, 2.05) is 28.8 Å². The molecule has 3 aromatic rings. The van der Waals surface area contributed by atoms with E-state index in [1.165, 1.54) is 0 Å². The van der Waals surface area contributed by atoms with E-state index in [9.17, 15) is 0 Å². The zero-order valence-electron chi connectivity index (χ0n) is 10.1. The van der Waals surface area contributed by atoms with Gasteiger partial charge in [-0.1, -0.05) is 34.8 Å². The van der Waals surface area contributed by atoms with Crippen LogP contribution in [-0.4, -0.2) is 9.55 Å². The van der Waals surface area contributed by atoms with Gasteiger partial charge in [-0.2, -0.15) is 0 Å². The van der Waals surface area contributed by atoms with Crippen LogP contribution in [0.15, 0.2) is 36.4 Å². The summed E-state index contributed by atoms with van der Waals surface area (Å²) in [5.41, 5.74) is 2.54. The maximum absolute atomic E-state index is 6.10. The van der Waals surface area contributed by atoms with Crippen molar-refractivity contribution in [3.05, 3.63) is 57.3 Å². The van der Waals surface area contributed by atoms with E-state index in [4.69, 9.17) is 46.4 Å². The quantitative estimate of drug-likeness (QED) is 0.543. The molecule has 1 heterocycles. The first-order valence-electron chi connectivity index (χ1n) is 5.78. The van der Waals surface area contributed by atoms with Crippen molar-refractivity contribution < 1.29 is 0 Å². The fourth-order valence-electron chi connectivity index (χ4n) is 2.09. The molecule has 0 aliphatic carbocycles. The molecule has 0 spiro atoms. The molecule has 2 aromatic carbocycles. The fraction of sp³-hybridized carbons (Fsp3) is 0.0714. The summed E-state index contributed by atoms with van der Waals surface area (Å²) in [6, 6.07) is 11.0. The van der Waals surface area contributed by atoms with Gasteiger partial charge in [0, 0.05) is 10.7 Å². The van der Waals surface area contributed by atoms with E-state index in [0.717, 1.165) is 22.5 Å². The summed E-state index contributed by atoms with van der Waals surface area (Å²) in [6.45, 7) is 0. The van der Waals surface area contributed by atoms with E-state index >= 15 is 0 Å². The second kappa shape index (κ2) is 5.45. The highest BCUT2D eigenvalue weighted by Gasteiger charge is 2.13. The number of hydrogen-bond donors (Lipinski definition) is 0. The van der Waals surface area contributed by atoms with Crippen LogP contribution in [0.4, 0.5) is 0 Å². The van der Waals surface area contributed by atoms with Crippen molar-refractivity contribution in [2.75, 3.05) is 0 Å². The maximum Gasteiger partial charge on any atom is 0.129 e. The SMILES string of the molecule is ClCc1nc2cc(Cl)c(Cl)cc2n1-c1ccc(Cl)cc1. The number of hydrogen-bond acceptors (Lipinski definition) is 1. The summed E-state index contributed by atoms with van der Waals surface area (Å²) >= 11 is 24.0. The van der Waals surface area contributed by atoms with Crippen LogP contribution in [0.2, 0.25) is 15.1 Å². The van der Waals surface area contributed by atoms with Crippen LogP contribution in [0.3, 0.4) is 0 Å². The molecular weight excluding hydrogens is 338 g/mol. The Hall–Kier alpha value is -0.930. The van der Waals surface area contributed by atoms with Crippen molar-refractivity contribution in [3.8, 4) is 5.69 Å². The van der Waals surface area contributed by atoms with Gasteiger partial charge in [-0.3, -0.25) is 4.57 Å². The first-order valence-corrected chi connectivity index (χ1v) is 7.45. The van der Waals surface area contributed by atoms with E-state index in [2.05, 4.69) is 4.98 Å². The highest BCUT2D eigenvalue weighted by Crippen LogP contribution is 2.30. The summed E-state index contributed by atoms with van der Waals surface area (Å²) in [4.78, 5) is 4.49. The maximum atomic E-state index is 6.10. The Morgan fingerprint density at radius 2 is 1.60 bits per heavy atom. The topological polar surface area (TPSA) is 17.8 Å². The molecule has 102 valence electrons. The van der Waals surface area contributed by atoms with Gasteiger partial charge in [0.25, 0.3) is 0 Å². The minimum absolute atomic E-state index is 0.284. The lowest BCUT2D eigenvalue weighted by Gasteiger charge is -2.08. The lowest BCUT2D eigenvalue weighted by atomic mass is 10.2. The van der Waals surface area contributed by atoms with E-state index < -0.39 is 0 Å². The highest BCUT2D eigenvalue weighted by atomic mass is 35.5. The number of imidazole rings is 1. The van der Waals surface area contributed by atoms with Crippen LogP contribution in [0.5, 0.6) is 0 Å². The predicted molar refractivity (Wildman–Crippen MR) is 85.7 cm³/mol. The third-order valence-corrected chi connectivity index (χ3v) is 4.18. The largest absolute Gasteiger partial charge is 0.295 e. The number of halogens is 4.